The van der Waals surface area contributed by atoms with Gasteiger partial charge in [0.1, 0.15) is 5.69 Å². The SMILES string of the molecule is Cc1cc([N+](=O)[O-])c(C)nc1OCC1COC1. The van der Waals surface area contributed by atoms with E-state index in [4.69, 9.17) is 9.47 Å². The number of aromatic nitrogens is 1. The van der Waals surface area contributed by atoms with Gasteiger partial charge in [-0.2, -0.15) is 0 Å². The van der Waals surface area contributed by atoms with Gasteiger partial charge in [0.25, 0.3) is 5.69 Å². The Balaban J connectivity index is 2.11. The fraction of sp³-hybridized carbons (Fsp3) is 0.545. The number of nitrogens with zero attached hydrogens (tertiary/aromatic N) is 2. The summed E-state index contributed by atoms with van der Waals surface area (Å²) in [6.07, 6.45) is 0. The lowest BCUT2D eigenvalue weighted by Gasteiger charge is -2.25. The van der Waals surface area contributed by atoms with Crippen molar-refractivity contribution in [1.82, 2.24) is 4.98 Å². The molecule has 1 aliphatic heterocycles. The summed E-state index contributed by atoms with van der Waals surface area (Å²) in [6, 6.07) is 1.49. The van der Waals surface area contributed by atoms with Crippen molar-refractivity contribution < 1.29 is 14.4 Å². The third-order valence-electron chi connectivity index (χ3n) is 2.69. The molecular formula is C11H14N2O4. The van der Waals surface area contributed by atoms with Gasteiger partial charge >= 0.3 is 0 Å². The second-order valence-corrected chi connectivity index (χ2v) is 4.19. The van der Waals surface area contributed by atoms with Crippen LogP contribution in [0, 0.1) is 29.9 Å². The molecule has 1 aromatic rings. The predicted molar refractivity (Wildman–Crippen MR) is 60.2 cm³/mol. The van der Waals surface area contributed by atoms with E-state index in [9.17, 15) is 10.1 Å². The number of aryl methyl sites for hydroxylation is 2. The molecule has 1 aromatic heterocycles. The van der Waals surface area contributed by atoms with Crippen LogP contribution in [0.2, 0.25) is 0 Å². The zero-order valence-electron chi connectivity index (χ0n) is 9.80. The normalized spacial score (nSPS) is 15.4. The van der Waals surface area contributed by atoms with E-state index < -0.39 is 4.92 Å². The van der Waals surface area contributed by atoms with Crippen LogP contribution >= 0.6 is 0 Å². The second-order valence-electron chi connectivity index (χ2n) is 4.19. The summed E-state index contributed by atoms with van der Waals surface area (Å²) >= 11 is 0. The van der Waals surface area contributed by atoms with Gasteiger partial charge in [-0.1, -0.05) is 0 Å². The minimum atomic E-state index is -0.432. The maximum atomic E-state index is 10.7. The number of hydrogen-bond donors (Lipinski definition) is 0. The molecule has 17 heavy (non-hydrogen) atoms. The molecule has 6 heteroatoms. The maximum absolute atomic E-state index is 10.7. The summed E-state index contributed by atoms with van der Waals surface area (Å²) in [4.78, 5) is 14.4. The molecule has 0 amide bonds. The lowest BCUT2D eigenvalue weighted by atomic mass is 10.1. The van der Waals surface area contributed by atoms with Crippen LogP contribution in [0.5, 0.6) is 5.88 Å². The van der Waals surface area contributed by atoms with Crippen molar-refractivity contribution in [2.45, 2.75) is 13.8 Å². The lowest BCUT2D eigenvalue weighted by Crippen LogP contribution is -2.32. The van der Waals surface area contributed by atoms with Crippen LogP contribution in [0.4, 0.5) is 5.69 Å². The fourth-order valence-corrected chi connectivity index (χ4v) is 1.58. The van der Waals surface area contributed by atoms with Gasteiger partial charge in [0.2, 0.25) is 5.88 Å². The Kier molecular flexibility index (Phi) is 3.23. The van der Waals surface area contributed by atoms with E-state index in [0.717, 1.165) is 0 Å². The molecule has 0 radical (unpaired) electrons. The van der Waals surface area contributed by atoms with Gasteiger partial charge in [-0.05, 0) is 13.8 Å². The topological polar surface area (TPSA) is 74.5 Å². The number of ether oxygens (including phenoxy) is 2. The predicted octanol–water partition coefficient (Wildman–Crippen LogP) is 1.63. The van der Waals surface area contributed by atoms with Crippen molar-refractivity contribution >= 4 is 5.69 Å². The quantitative estimate of drug-likeness (QED) is 0.588. The molecule has 0 aromatic carbocycles. The van der Waals surface area contributed by atoms with Crippen LogP contribution in [0.15, 0.2) is 6.07 Å². The Bertz CT molecular complexity index is 443. The first-order valence-electron chi connectivity index (χ1n) is 5.41. The van der Waals surface area contributed by atoms with Crippen LogP contribution < -0.4 is 4.74 Å². The van der Waals surface area contributed by atoms with Crippen LogP contribution in [0.3, 0.4) is 0 Å². The van der Waals surface area contributed by atoms with E-state index in [2.05, 4.69) is 4.98 Å². The van der Waals surface area contributed by atoms with Crippen LogP contribution in [0.25, 0.3) is 0 Å². The summed E-state index contributed by atoms with van der Waals surface area (Å²) in [5, 5.41) is 10.7. The third kappa shape index (κ3) is 2.52. The van der Waals surface area contributed by atoms with E-state index >= 15 is 0 Å². The standard InChI is InChI=1S/C11H14N2O4/c1-7-3-10(13(14)15)8(2)12-11(7)17-6-9-4-16-5-9/h3,9H,4-6H2,1-2H3. The molecule has 0 unspecified atom stereocenters. The van der Waals surface area contributed by atoms with Gasteiger partial charge in [-0.25, -0.2) is 4.98 Å². The summed E-state index contributed by atoms with van der Waals surface area (Å²) in [7, 11) is 0. The Labute approximate surface area is 98.7 Å². The minimum Gasteiger partial charge on any atom is -0.477 e. The highest BCUT2D eigenvalue weighted by Gasteiger charge is 2.21. The zero-order valence-corrected chi connectivity index (χ0v) is 9.80. The number of rotatable bonds is 4. The average Bonchev–Trinajstić information content (AvgIpc) is 2.19. The Morgan fingerprint density at radius 2 is 2.29 bits per heavy atom. The molecule has 0 spiro atoms. The Morgan fingerprint density at radius 3 is 2.82 bits per heavy atom. The van der Waals surface area contributed by atoms with Crippen molar-refractivity contribution in [3.63, 3.8) is 0 Å². The highest BCUT2D eigenvalue weighted by Crippen LogP contribution is 2.24. The van der Waals surface area contributed by atoms with Crippen molar-refractivity contribution in [2.75, 3.05) is 19.8 Å². The fourth-order valence-electron chi connectivity index (χ4n) is 1.58. The van der Waals surface area contributed by atoms with E-state index in [-0.39, 0.29) is 5.69 Å². The maximum Gasteiger partial charge on any atom is 0.290 e. The van der Waals surface area contributed by atoms with E-state index in [1.165, 1.54) is 6.07 Å². The van der Waals surface area contributed by atoms with Gasteiger partial charge in [0.15, 0.2) is 0 Å². The molecular weight excluding hydrogens is 224 g/mol. The summed E-state index contributed by atoms with van der Waals surface area (Å²) in [5.41, 5.74) is 1.09. The zero-order chi connectivity index (χ0) is 12.4. The lowest BCUT2D eigenvalue weighted by molar-refractivity contribution is -0.385. The van der Waals surface area contributed by atoms with Crippen molar-refractivity contribution in [3.05, 3.63) is 27.4 Å². The molecule has 2 rings (SSSR count). The van der Waals surface area contributed by atoms with Crippen molar-refractivity contribution in [1.29, 1.82) is 0 Å². The van der Waals surface area contributed by atoms with Gasteiger partial charge in [-0.15, -0.1) is 0 Å². The highest BCUT2D eigenvalue weighted by atomic mass is 16.6. The molecule has 0 saturated carbocycles. The molecule has 0 bridgehead atoms. The minimum absolute atomic E-state index is 0.0295. The van der Waals surface area contributed by atoms with Crippen LogP contribution in [0.1, 0.15) is 11.3 Å². The smallest absolute Gasteiger partial charge is 0.290 e. The van der Waals surface area contributed by atoms with Crippen LogP contribution in [-0.2, 0) is 4.74 Å². The first-order valence-corrected chi connectivity index (χ1v) is 5.41. The van der Waals surface area contributed by atoms with Gasteiger partial charge < -0.3 is 9.47 Å². The molecule has 92 valence electrons. The largest absolute Gasteiger partial charge is 0.477 e. The Morgan fingerprint density at radius 1 is 1.59 bits per heavy atom. The molecule has 1 fully saturated rings. The first-order chi connectivity index (χ1) is 8.08. The summed E-state index contributed by atoms with van der Waals surface area (Å²) in [6.45, 7) is 5.34. The van der Waals surface area contributed by atoms with E-state index in [0.29, 0.717) is 42.9 Å². The highest BCUT2D eigenvalue weighted by molar-refractivity contribution is 5.42. The average molecular weight is 238 g/mol. The molecule has 0 atom stereocenters. The number of hydrogen-bond acceptors (Lipinski definition) is 5. The first kappa shape index (κ1) is 11.8. The van der Waals surface area contributed by atoms with Crippen molar-refractivity contribution in [3.8, 4) is 5.88 Å². The van der Waals surface area contributed by atoms with Crippen LogP contribution in [-0.4, -0.2) is 29.7 Å². The summed E-state index contributed by atoms with van der Waals surface area (Å²) < 4.78 is 10.6. The van der Waals surface area contributed by atoms with Crippen molar-refractivity contribution in [2.24, 2.45) is 5.92 Å². The molecule has 0 aliphatic carbocycles. The third-order valence-corrected chi connectivity index (χ3v) is 2.69. The Hall–Kier alpha value is -1.69. The molecule has 1 saturated heterocycles. The molecule has 2 heterocycles. The number of nitro groups is 1. The van der Waals surface area contributed by atoms with Gasteiger partial charge in [-0.3, -0.25) is 10.1 Å². The van der Waals surface area contributed by atoms with Gasteiger partial charge in [0, 0.05) is 17.5 Å². The molecule has 0 N–H and O–H groups in total. The summed E-state index contributed by atoms with van der Waals surface area (Å²) in [5.74, 6) is 0.881. The van der Waals surface area contributed by atoms with E-state index in [1.54, 1.807) is 13.8 Å². The van der Waals surface area contributed by atoms with E-state index in [1.807, 2.05) is 0 Å². The molecule has 6 nitrogen and oxygen atoms in total. The second kappa shape index (κ2) is 4.67. The monoisotopic (exact) mass is 238 g/mol. The molecule has 1 aliphatic rings. The van der Waals surface area contributed by atoms with Gasteiger partial charge in [0.05, 0.1) is 24.7 Å². The number of pyridine rings is 1.